The van der Waals surface area contributed by atoms with Gasteiger partial charge in [-0.05, 0) is 6.54 Å². The molecule has 0 aliphatic rings. The van der Waals surface area contributed by atoms with Gasteiger partial charge in [0.1, 0.15) is 0 Å². The molecular formula is C10H24ClN2+. The van der Waals surface area contributed by atoms with E-state index in [9.17, 15) is 0 Å². The molecule has 0 unspecified atom stereocenters. The van der Waals surface area contributed by atoms with Gasteiger partial charge in [0.25, 0.3) is 0 Å². The summed E-state index contributed by atoms with van der Waals surface area (Å²) in [7, 11) is 6.70. The van der Waals surface area contributed by atoms with Crippen molar-refractivity contribution in [3.63, 3.8) is 0 Å². The van der Waals surface area contributed by atoms with Gasteiger partial charge in [0.2, 0.25) is 0 Å². The molecule has 0 atom stereocenters. The molecule has 0 radical (unpaired) electrons. The summed E-state index contributed by atoms with van der Waals surface area (Å²) in [6.07, 6.45) is 1.26. The Kier molecular flexibility index (Phi) is 6.74. The van der Waals surface area contributed by atoms with Gasteiger partial charge < -0.3 is 9.38 Å². The second-order valence-electron chi connectivity index (χ2n) is 4.49. The normalized spacial score (nSPS) is 12.5. The Labute approximate surface area is 88.1 Å². The third kappa shape index (κ3) is 8.54. The number of rotatable bonds is 7. The van der Waals surface area contributed by atoms with E-state index in [2.05, 4.69) is 33.0 Å². The number of nitrogens with zero attached hydrogens (tertiary/aromatic N) is 2. The summed E-state index contributed by atoms with van der Waals surface area (Å²) in [5.41, 5.74) is 0. The van der Waals surface area contributed by atoms with Crippen molar-refractivity contribution in [2.75, 3.05) is 53.2 Å². The van der Waals surface area contributed by atoms with E-state index in [1.807, 2.05) is 0 Å². The van der Waals surface area contributed by atoms with Crippen molar-refractivity contribution in [1.29, 1.82) is 0 Å². The van der Waals surface area contributed by atoms with Gasteiger partial charge in [-0.2, -0.15) is 0 Å². The van der Waals surface area contributed by atoms with Gasteiger partial charge in [-0.25, -0.2) is 0 Å². The molecule has 3 heteroatoms. The molecule has 0 aromatic heterocycles. The van der Waals surface area contributed by atoms with Gasteiger partial charge in [0, 0.05) is 25.4 Å². The van der Waals surface area contributed by atoms with Crippen LogP contribution in [0.3, 0.4) is 0 Å². The highest BCUT2D eigenvalue weighted by molar-refractivity contribution is 6.18. The van der Waals surface area contributed by atoms with Crippen LogP contribution in [0, 0.1) is 0 Å². The van der Waals surface area contributed by atoms with Gasteiger partial charge >= 0.3 is 0 Å². The van der Waals surface area contributed by atoms with E-state index in [4.69, 9.17) is 11.6 Å². The van der Waals surface area contributed by atoms with Crippen LogP contribution >= 0.6 is 11.6 Å². The molecule has 0 heterocycles. The molecule has 0 aromatic rings. The highest BCUT2D eigenvalue weighted by Crippen LogP contribution is 1.97. The minimum absolute atomic E-state index is 0.748. The fourth-order valence-electron chi connectivity index (χ4n) is 1.32. The van der Waals surface area contributed by atoms with Crippen molar-refractivity contribution in [1.82, 2.24) is 4.90 Å². The molecule has 0 saturated heterocycles. The molecule has 0 N–H and O–H groups in total. The first-order chi connectivity index (χ1) is 5.99. The van der Waals surface area contributed by atoms with Crippen LogP contribution in [0.4, 0.5) is 0 Å². The average Bonchev–Trinajstić information content (AvgIpc) is 2.01. The average molecular weight is 208 g/mol. The molecule has 0 aromatic carbocycles. The molecule has 0 aliphatic heterocycles. The summed E-state index contributed by atoms with van der Waals surface area (Å²) < 4.78 is 1.05. The zero-order valence-electron chi connectivity index (χ0n) is 9.52. The van der Waals surface area contributed by atoms with E-state index in [1.54, 1.807) is 0 Å². The summed E-state index contributed by atoms with van der Waals surface area (Å²) >= 11 is 5.70. The molecule has 13 heavy (non-hydrogen) atoms. The maximum atomic E-state index is 5.70. The second kappa shape index (κ2) is 6.63. The predicted octanol–water partition coefficient (Wildman–Crippen LogP) is 1.64. The highest BCUT2D eigenvalue weighted by atomic mass is 35.5. The highest BCUT2D eigenvalue weighted by Gasteiger charge is 2.07. The summed E-state index contributed by atoms with van der Waals surface area (Å²) in [5.74, 6) is 0.748. The molecule has 0 rings (SSSR count). The van der Waals surface area contributed by atoms with E-state index >= 15 is 0 Å². The quantitative estimate of drug-likeness (QED) is 0.453. The third-order valence-corrected chi connectivity index (χ3v) is 2.32. The molecule has 0 amide bonds. The Morgan fingerprint density at radius 3 is 2.15 bits per heavy atom. The molecule has 0 bridgehead atoms. The van der Waals surface area contributed by atoms with Crippen LogP contribution in [0.15, 0.2) is 0 Å². The number of halogens is 1. The lowest BCUT2D eigenvalue weighted by Crippen LogP contribution is -2.37. The summed E-state index contributed by atoms with van der Waals surface area (Å²) in [5, 5.41) is 0. The molecule has 0 fully saturated rings. The molecule has 2 nitrogen and oxygen atoms in total. The van der Waals surface area contributed by atoms with Crippen LogP contribution < -0.4 is 0 Å². The first-order valence-electron chi connectivity index (χ1n) is 5.08. The SMILES string of the molecule is CCN(CCCl)CCC[N+](C)(C)C. The van der Waals surface area contributed by atoms with Gasteiger partial charge in [0.05, 0.1) is 27.7 Å². The molecule has 80 valence electrons. The van der Waals surface area contributed by atoms with Gasteiger partial charge in [-0.3, -0.25) is 0 Å². The lowest BCUT2D eigenvalue weighted by molar-refractivity contribution is -0.870. The van der Waals surface area contributed by atoms with Crippen LogP contribution in [-0.2, 0) is 0 Å². The van der Waals surface area contributed by atoms with Crippen molar-refractivity contribution in [3.05, 3.63) is 0 Å². The summed E-state index contributed by atoms with van der Waals surface area (Å²) in [6.45, 7) is 6.75. The lowest BCUT2D eigenvalue weighted by Gasteiger charge is -2.26. The third-order valence-electron chi connectivity index (χ3n) is 2.15. The Hall–Kier alpha value is 0.210. The Bertz CT molecular complexity index is 121. The Morgan fingerprint density at radius 1 is 1.15 bits per heavy atom. The van der Waals surface area contributed by atoms with Crippen LogP contribution in [0.25, 0.3) is 0 Å². The fraction of sp³-hybridized carbons (Fsp3) is 1.00. The zero-order valence-corrected chi connectivity index (χ0v) is 10.3. The Balaban J connectivity index is 3.49. The van der Waals surface area contributed by atoms with Crippen LogP contribution in [-0.4, -0.2) is 62.6 Å². The van der Waals surface area contributed by atoms with Crippen LogP contribution in [0.2, 0.25) is 0 Å². The Morgan fingerprint density at radius 2 is 1.77 bits per heavy atom. The molecule has 0 saturated carbocycles. The van der Waals surface area contributed by atoms with Crippen molar-refractivity contribution < 1.29 is 4.48 Å². The fourth-order valence-corrected chi connectivity index (χ4v) is 1.56. The predicted molar refractivity (Wildman–Crippen MR) is 60.4 cm³/mol. The van der Waals surface area contributed by atoms with Crippen molar-refractivity contribution >= 4 is 11.6 Å². The topological polar surface area (TPSA) is 3.24 Å². The number of hydrogen-bond acceptors (Lipinski definition) is 1. The van der Waals surface area contributed by atoms with Crippen molar-refractivity contribution in [2.24, 2.45) is 0 Å². The zero-order chi connectivity index (χ0) is 10.3. The van der Waals surface area contributed by atoms with E-state index < -0.39 is 0 Å². The largest absolute Gasteiger partial charge is 0.331 e. The van der Waals surface area contributed by atoms with E-state index in [1.165, 1.54) is 19.5 Å². The number of hydrogen-bond donors (Lipinski definition) is 0. The minimum atomic E-state index is 0.748. The van der Waals surface area contributed by atoms with Gasteiger partial charge in [0.15, 0.2) is 0 Å². The van der Waals surface area contributed by atoms with Crippen LogP contribution in [0.5, 0.6) is 0 Å². The van der Waals surface area contributed by atoms with Gasteiger partial charge in [-0.15, -0.1) is 11.6 Å². The minimum Gasteiger partial charge on any atom is -0.331 e. The lowest BCUT2D eigenvalue weighted by atomic mass is 10.3. The maximum absolute atomic E-state index is 5.70. The van der Waals surface area contributed by atoms with E-state index in [0.717, 1.165) is 23.5 Å². The van der Waals surface area contributed by atoms with Gasteiger partial charge in [-0.1, -0.05) is 6.92 Å². The summed E-state index contributed by atoms with van der Waals surface area (Å²) in [4.78, 5) is 2.41. The first-order valence-corrected chi connectivity index (χ1v) is 5.62. The molecule has 0 spiro atoms. The first kappa shape index (κ1) is 13.2. The number of quaternary nitrogens is 1. The van der Waals surface area contributed by atoms with Crippen molar-refractivity contribution in [3.8, 4) is 0 Å². The molecule has 0 aliphatic carbocycles. The smallest absolute Gasteiger partial charge is 0.0792 e. The summed E-state index contributed by atoms with van der Waals surface area (Å²) in [6, 6.07) is 0. The number of alkyl halides is 1. The van der Waals surface area contributed by atoms with Crippen molar-refractivity contribution in [2.45, 2.75) is 13.3 Å². The van der Waals surface area contributed by atoms with E-state index in [0.29, 0.717) is 0 Å². The standard InChI is InChI=1S/C10H24ClN2/c1-5-12(9-7-11)8-6-10-13(2,3)4/h5-10H2,1-4H3/q+1. The van der Waals surface area contributed by atoms with Crippen LogP contribution in [0.1, 0.15) is 13.3 Å². The van der Waals surface area contributed by atoms with E-state index in [-0.39, 0.29) is 0 Å². The second-order valence-corrected chi connectivity index (χ2v) is 4.87. The monoisotopic (exact) mass is 207 g/mol. The molecular weight excluding hydrogens is 184 g/mol. The maximum Gasteiger partial charge on any atom is 0.0792 e.